The van der Waals surface area contributed by atoms with Gasteiger partial charge < -0.3 is 29.3 Å². The fourth-order valence-corrected chi connectivity index (χ4v) is 5.39. The van der Waals surface area contributed by atoms with Crippen LogP contribution < -0.4 is 10.1 Å². The first kappa shape index (κ1) is 32.2. The van der Waals surface area contributed by atoms with Crippen molar-refractivity contribution >= 4 is 23.9 Å². The van der Waals surface area contributed by atoms with Crippen LogP contribution >= 0.6 is 0 Å². The van der Waals surface area contributed by atoms with Gasteiger partial charge in [-0.25, -0.2) is 4.79 Å². The second-order valence-electron chi connectivity index (χ2n) is 12.0. The van der Waals surface area contributed by atoms with Crippen molar-refractivity contribution in [3.63, 3.8) is 0 Å². The van der Waals surface area contributed by atoms with Crippen LogP contribution in [0.3, 0.4) is 0 Å². The summed E-state index contributed by atoms with van der Waals surface area (Å²) in [4.78, 5) is 54.3. The third-order valence-corrected chi connectivity index (χ3v) is 7.69. The molecule has 1 aromatic carbocycles. The molecule has 10 nitrogen and oxygen atoms in total. The molecule has 2 atom stereocenters. The topological polar surface area (TPSA) is 114 Å². The van der Waals surface area contributed by atoms with E-state index in [1.807, 2.05) is 52.0 Å². The third kappa shape index (κ3) is 10.2. The maximum Gasteiger partial charge on any atom is 0.410 e. The van der Waals surface area contributed by atoms with Gasteiger partial charge in [-0.05, 0) is 83.4 Å². The van der Waals surface area contributed by atoms with Crippen molar-refractivity contribution in [2.24, 2.45) is 11.8 Å². The minimum atomic E-state index is -0.539. The van der Waals surface area contributed by atoms with Gasteiger partial charge >= 0.3 is 12.1 Å². The quantitative estimate of drug-likeness (QED) is 0.411. The number of likely N-dealkylation sites (tertiary alicyclic amines) is 2. The normalized spacial score (nSPS) is 18.8. The number of nitrogens with zero attached hydrogens (tertiary/aromatic N) is 2. The van der Waals surface area contributed by atoms with Crippen LogP contribution in [-0.4, -0.2) is 79.2 Å². The SMILES string of the molecule is CCOc1ccc(C(CC(=O)OC)NC(=O)C2CCCN(C(=O)CCC3CCN(C(=O)OC(C)(C)C)CC3)C2)cc1. The van der Waals surface area contributed by atoms with E-state index in [-0.39, 0.29) is 30.2 Å². The fraction of sp³-hybridized carbons (Fsp3) is 0.677. The number of nitrogens with one attached hydrogen (secondary N) is 1. The zero-order valence-electron chi connectivity index (χ0n) is 25.3. The molecule has 41 heavy (non-hydrogen) atoms. The zero-order chi connectivity index (χ0) is 30.0. The molecule has 2 heterocycles. The number of rotatable bonds is 10. The largest absolute Gasteiger partial charge is 0.494 e. The van der Waals surface area contributed by atoms with E-state index in [1.54, 1.807) is 9.80 Å². The molecule has 2 aliphatic rings. The molecule has 10 heteroatoms. The molecule has 2 unspecified atom stereocenters. The molecule has 228 valence electrons. The predicted octanol–water partition coefficient (Wildman–Crippen LogP) is 4.47. The minimum Gasteiger partial charge on any atom is -0.494 e. The molecule has 2 fully saturated rings. The Morgan fingerprint density at radius 3 is 2.29 bits per heavy atom. The number of amides is 3. The van der Waals surface area contributed by atoms with E-state index in [0.29, 0.717) is 51.5 Å². The molecule has 3 amide bonds. The minimum absolute atomic E-state index is 0.0122. The lowest BCUT2D eigenvalue weighted by Gasteiger charge is -2.35. The van der Waals surface area contributed by atoms with Gasteiger partial charge in [-0.15, -0.1) is 0 Å². The maximum absolute atomic E-state index is 13.3. The van der Waals surface area contributed by atoms with E-state index < -0.39 is 17.6 Å². The summed E-state index contributed by atoms with van der Waals surface area (Å²) in [6.45, 7) is 10.3. The van der Waals surface area contributed by atoms with E-state index >= 15 is 0 Å². The lowest BCUT2D eigenvalue weighted by atomic mass is 9.91. The van der Waals surface area contributed by atoms with Crippen LogP contribution in [0.25, 0.3) is 0 Å². The maximum atomic E-state index is 13.3. The van der Waals surface area contributed by atoms with Crippen LogP contribution in [0.4, 0.5) is 4.79 Å². The van der Waals surface area contributed by atoms with E-state index in [2.05, 4.69) is 5.32 Å². The van der Waals surface area contributed by atoms with Gasteiger partial charge in [-0.3, -0.25) is 14.4 Å². The second-order valence-corrected chi connectivity index (χ2v) is 12.0. The highest BCUT2D eigenvalue weighted by Crippen LogP contribution is 2.26. The Labute approximate surface area is 244 Å². The molecule has 0 spiro atoms. The average Bonchev–Trinajstić information content (AvgIpc) is 2.95. The number of hydrogen-bond acceptors (Lipinski definition) is 7. The van der Waals surface area contributed by atoms with Gasteiger partial charge in [0.2, 0.25) is 11.8 Å². The third-order valence-electron chi connectivity index (χ3n) is 7.69. The number of carbonyl (C=O) groups is 4. The molecule has 1 N–H and O–H groups in total. The average molecular weight is 574 g/mol. The zero-order valence-corrected chi connectivity index (χ0v) is 25.3. The van der Waals surface area contributed by atoms with Gasteiger partial charge in [-0.1, -0.05) is 12.1 Å². The van der Waals surface area contributed by atoms with Gasteiger partial charge in [0, 0.05) is 32.6 Å². The number of piperidine rings is 2. The number of ether oxygens (including phenoxy) is 3. The Morgan fingerprint density at radius 2 is 1.68 bits per heavy atom. The molecule has 0 bridgehead atoms. The van der Waals surface area contributed by atoms with E-state index in [4.69, 9.17) is 14.2 Å². The number of hydrogen-bond donors (Lipinski definition) is 1. The standard InChI is InChI=1S/C31H47N3O7/c1-6-40-25-12-10-23(11-13-25)26(20-28(36)39-5)32-29(37)24-8-7-17-34(21-24)27(35)14-9-22-15-18-33(19-16-22)30(38)41-31(2,3)4/h10-13,22,24,26H,6-9,14-21H2,1-5H3,(H,32,37). The lowest BCUT2D eigenvalue weighted by Crippen LogP contribution is -2.46. The van der Waals surface area contributed by atoms with Crippen molar-refractivity contribution in [2.75, 3.05) is 39.9 Å². The summed E-state index contributed by atoms with van der Waals surface area (Å²) in [6, 6.07) is 6.78. The molecule has 0 aliphatic carbocycles. The molecule has 1 aromatic rings. The number of esters is 1. The summed E-state index contributed by atoms with van der Waals surface area (Å²) in [5.74, 6) is 0.243. The van der Waals surface area contributed by atoms with Gasteiger partial charge in [0.1, 0.15) is 11.4 Å². The summed E-state index contributed by atoms with van der Waals surface area (Å²) < 4.78 is 15.8. The van der Waals surface area contributed by atoms with Crippen molar-refractivity contribution in [3.05, 3.63) is 29.8 Å². The van der Waals surface area contributed by atoms with Crippen molar-refractivity contribution in [2.45, 2.75) is 84.3 Å². The summed E-state index contributed by atoms with van der Waals surface area (Å²) in [6.07, 6.45) is 4.08. The van der Waals surface area contributed by atoms with Crippen LogP contribution in [0.2, 0.25) is 0 Å². The van der Waals surface area contributed by atoms with E-state index in [9.17, 15) is 19.2 Å². The van der Waals surface area contributed by atoms with Crippen molar-refractivity contribution < 1.29 is 33.4 Å². The Kier molecular flexibility index (Phi) is 11.8. The number of methoxy groups -OCH3 is 1. The lowest BCUT2D eigenvalue weighted by molar-refractivity contribution is -0.141. The Morgan fingerprint density at radius 1 is 1.00 bits per heavy atom. The predicted molar refractivity (Wildman–Crippen MR) is 154 cm³/mol. The highest BCUT2D eigenvalue weighted by Gasteiger charge is 2.32. The summed E-state index contributed by atoms with van der Waals surface area (Å²) in [5.41, 5.74) is 0.273. The van der Waals surface area contributed by atoms with Crippen LogP contribution in [0, 0.1) is 11.8 Å². The summed E-state index contributed by atoms with van der Waals surface area (Å²) >= 11 is 0. The Hall–Kier alpha value is -3.30. The Bertz CT molecular complexity index is 1030. The molecular formula is C31H47N3O7. The van der Waals surface area contributed by atoms with Gasteiger partial charge in [0.15, 0.2) is 0 Å². The summed E-state index contributed by atoms with van der Waals surface area (Å²) in [7, 11) is 1.33. The van der Waals surface area contributed by atoms with Crippen molar-refractivity contribution in [1.29, 1.82) is 0 Å². The summed E-state index contributed by atoms with van der Waals surface area (Å²) in [5, 5.41) is 3.03. The fourth-order valence-electron chi connectivity index (χ4n) is 5.39. The number of benzene rings is 1. The van der Waals surface area contributed by atoms with E-state index in [1.165, 1.54) is 7.11 Å². The molecule has 2 aliphatic heterocycles. The van der Waals surface area contributed by atoms with Gasteiger partial charge in [-0.2, -0.15) is 0 Å². The molecule has 2 saturated heterocycles. The first-order valence-electron chi connectivity index (χ1n) is 14.8. The first-order valence-corrected chi connectivity index (χ1v) is 14.8. The van der Waals surface area contributed by atoms with E-state index in [0.717, 1.165) is 37.0 Å². The number of carbonyl (C=O) groups excluding carboxylic acids is 4. The van der Waals surface area contributed by atoms with Gasteiger partial charge in [0.05, 0.1) is 32.1 Å². The monoisotopic (exact) mass is 573 g/mol. The Balaban J connectivity index is 1.49. The van der Waals surface area contributed by atoms with Crippen LogP contribution in [0.15, 0.2) is 24.3 Å². The van der Waals surface area contributed by atoms with Crippen LogP contribution in [0.5, 0.6) is 5.75 Å². The highest BCUT2D eigenvalue weighted by atomic mass is 16.6. The first-order chi connectivity index (χ1) is 19.5. The van der Waals surface area contributed by atoms with Crippen LogP contribution in [0.1, 0.15) is 84.2 Å². The molecule has 0 aromatic heterocycles. The molecule has 0 saturated carbocycles. The molecule has 3 rings (SSSR count). The van der Waals surface area contributed by atoms with Crippen molar-refractivity contribution in [3.8, 4) is 5.75 Å². The van der Waals surface area contributed by atoms with Crippen molar-refractivity contribution in [1.82, 2.24) is 15.1 Å². The van der Waals surface area contributed by atoms with Crippen LogP contribution in [-0.2, 0) is 23.9 Å². The smallest absolute Gasteiger partial charge is 0.410 e. The molecule has 0 radical (unpaired) electrons. The molecular weight excluding hydrogens is 526 g/mol. The highest BCUT2D eigenvalue weighted by molar-refractivity contribution is 5.82. The second kappa shape index (κ2) is 15.1. The van der Waals surface area contributed by atoms with Gasteiger partial charge in [0.25, 0.3) is 0 Å².